The van der Waals surface area contributed by atoms with Gasteiger partial charge in [0, 0.05) is 29.5 Å². The number of nitrogens with zero attached hydrogens (tertiary/aromatic N) is 4. The minimum Gasteiger partial charge on any atom is -0.393 e. The van der Waals surface area contributed by atoms with E-state index in [1.54, 1.807) is 6.20 Å². The van der Waals surface area contributed by atoms with E-state index in [1.165, 1.54) is 5.57 Å². The second-order valence-electron chi connectivity index (χ2n) is 13.3. The third-order valence-corrected chi connectivity index (χ3v) is 11.4. The predicted molar refractivity (Wildman–Crippen MR) is 146 cm³/mol. The fraction of sp³-hybridized carbons (Fsp3) is 0.594. The molecule has 214 valence electrons. The van der Waals surface area contributed by atoms with Crippen molar-refractivity contribution in [2.45, 2.75) is 77.2 Å². The number of aliphatic hydroxyl groups excluding tert-OH is 1. The molecule has 0 radical (unpaired) electrons. The molecule has 9 nitrogen and oxygen atoms in total. The summed E-state index contributed by atoms with van der Waals surface area (Å²) in [4.78, 5) is 39.6. The summed E-state index contributed by atoms with van der Waals surface area (Å²) in [6.07, 6.45) is 10.8. The van der Waals surface area contributed by atoms with E-state index < -0.39 is 34.8 Å². The Hall–Kier alpha value is -3.51. The Morgan fingerprint density at radius 2 is 1.95 bits per heavy atom. The second kappa shape index (κ2) is 9.52. The maximum Gasteiger partial charge on any atom is 0.359 e. The van der Waals surface area contributed by atoms with Crippen LogP contribution in [0.4, 0.5) is 0 Å². The maximum absolute atomic E-state index is 13.2. The lowest BCUT2D eigenvalue weighted by Crippen LogP contribution is -2.58. The van der Waals surface area contributed by atoms with Crippen molar-refractivity contribution in [1.82, 2.24) is 14.8 Å². The van der Waals surface area contributed by atoms with Crippen LogP contribution >= 0.6 is 0 Å². The summed E-state index contributed by atoms with van der Waals surface area (Å²) in [6, 6.07) is 8.18. The lowest BCUT2D eigenvalue weighted by Gasteiger charge is -2.61. The van der Waals surface area contributed by atoms with Crippen LogP contribution in [0.3, 0.4) is 0 Å². The molecule has 5 aliphatic carbocycles. The monoisotopic (exact) mass is 556 g/mol. The first-order valence-electron chi connectivity index (χ1n) is 14.9. The molecule has 0 bridgehead atoms. The molecular formula is C32H36N4O5. The lowest BCUT2D eigenvalue weighted by molar-refractivity contribution is -0.266. The fourth-order valence-corrected chi connectivity index (χ4v) is 9.35. The first-order chi connectivity index (χ1) is 19.8. The van der Waals surface area contributed by atoms with Crippen LogP contribution in [0.15, 0.2) is 36.2 Å². The highest BCUT2D eigenvalue weighted by Gasteiger charge is 2.65. The van der Waals surface area contributed by atoms with E-state index in [-0.39, 0.29) is 29.6 Å². The van der Waals surface area contributed by atoms with Gasteiger partial charge in [-0.2, -0.15) is 10.4 Å². The highest BCUT2D eigenvalue weighted by atomic mass is 17.2. The van der Waals surface area contributed by atoms with E-state index in [2.05, 4.69) is 31.0 Å². The lowest BCUT2D eigenvalue weighted by atomic mass is 9.43. The fourth-order valence-electron chi connectivity index (χ4n) is 9.35. The Labute approximate surface area is 239 Å². The number of pyridine rings is 1. The molecule has 0 aromatic carbocycles. The van der Waals surface area contributed by atoms with Crippen LogP contribution in [0.2, 0.25) is 0 Å². The van der Waals surface area contributed by atoms with Gasteiger partial charge in [-0.05, 0) is 86.3 Å². The van der Waals surface area contributed by atoms with Crippen LogP contribution in [0.5, 0.6) is 0 Å². The summed E-state index contributed by atoms with van der Waals surface area (Å²) in [6.45, 7) is 4.34. The Balaban J connectivity index is 1.20. The number of carbonyl (C=O) groups is 2. The molecule has 7 rings (SSSR count). The van der Waals surface area contributed by atoms with Gasteiger partial charge in [0.15, 0.2) is 5.82 Å². The van der Waals surface area contributed by atoms with Crippen molar-refractivity contribution < 1.29 is 24.5 Å². The topological polar surface area (TPSA) is 127 Å². The Morgan fingerprint density at radius 1 is 1.15 bits per heavy atom. The standard InChI is InChI=1S/C32H36N4O5/c1-31-16-26(37)28-20(22(31)10-11-24(31)30(39)41-40-29(38)18-6-7-18)9-8-19-15-25-21(23(12-13-33)32(19,28)2)17-35-36(25)27-5-3-4-14-34-27/h3-5,14-15,17-18,20,22-24,26,28,37H,6-12,16H2,1-2H3/t20-,22-,23-,24-,26-,28+,31-,32?/m0/s1. The van der Waals surface area contributed by atoms with Crippen molar-refractivity contribution in [1.29, 1.82) is 5.26 Å². The van der Waals surface area contributed by atoms with Crippen molar-refractivity contribution >= 4 is 18.0 Å². The molecule has 41 heavy (non-hydrogen) atoms. The largest absolute Gasteiger partial charge is 0.393 e. The molecule has 9 heteroatoms. The zero-order valence-corrected chi connectivity index (χ0v) is 23.5. The quantitative estimate of drug-likeness (QED) is 0.416. The summed E-state index contributed by atoms with van der Waals surface area (Å²) < 4.78 is 1.86. The predicted octanol–water partition coefficient (Wildman–Crippen LogP) is 4.90. The van der Waals surface area contributed by atoms with Crippen molar-refractivity contribution in [3.05, 3.63) is 47.4 Å². The van der Waals surface area contributed by atoms with E-state index in [9.17, 15) is 20.0 Å². The number of rotatable bonds is 4. The Morgan fingerprint density at radius 3 is 2.68 bits per heavy atom. The van der Waals surface area contributed by atoms with Crippen LogP contribution in [0.1, 0.15) is 82.4 Å². The summed E-state index contributed by atoms with van der Waals surface area (Å²) in [7, 11) is 0. The minimum atomic E-state index is -0.647. The molecule has 0 aliphatic heterocycles. The van der Waals surface area contributed by atoms with Gasteiger partial charge in [-0.15, -0.1) is 0 Å². The molecule has 1 N–H and O–H groups in total. The van der Waals surface area contributed by atoms with E-state index in [1.807, 2.05) is 29.1 Å². The van der Waals surface area contributed by atoms with E-state index in [0.717, 1.165) is 49.2 Å². The minimum absolute atomic E-state index is 0.0484. The first-order valence-corrected chi connectivity index (χ1v) is 14.9. The first kappa shape index (κ1) is 26.4. The van der Waals surface area contributed by atoms with Crippen molar-refractivity contribution in [3.8, 4) is 11.9 Å². The van der Waals surface area contributed by atoms with Crippen molar-refractivity contribution in [2.75, 3.05) is 0 Å². The summed E-state index contributed by atoms with van der Waals surface area (Å²) in [5.74, 6) is -0.536. The van der Waals surface area contributed by atoms with Gasteiger partial charge in [0.05, 0.1) is 35.9 Å². The molecule has 1 unspecified atom stereocenters. The van der Waals surface area contributed by atoms with Crippen LogP contribution in [-0.4, -0.2) is 37.9 Å². The third kappa shape index (κ3) is 3.90. The molecule has 0 amide bonds. The number of hydrogen-bond acceptors (Lipinski definition) is 8. The molecule has 4 fully saturated rings. The van der Waals surface area contributed by atoms with Gasteiger partial charge < -0.3 is 5.11 Å². The molecule has 2 aromatic heterocycles. The van der Waals surface area contributed by atoms with Gasteiger partial charge >= 0.3 is 11.9 Å². The van der Waals surface area contributed by atoms with E-state index in [4.69, 9.17) is 14.9 Å². The summed E-state index contributed by atoms with van der Waals surface area (Å²) in [5, 5.41) is 26.6. The molecule has 0 spiro atoms. The summed E-state index contributed by atoms with van der Waals surface area (Å²) >= 11 is 0. The van der Waals surface area contributed by atoms with Crippen molar-refractivity contribution in [3.63, 3.8) is 0 Å². The average Bonchev–Trinajstić information content (AvgIpc) is 3.64. The van der Waals surface area contributed by atoms with Gasteiger partial charge in [-0.25, -0.2) is 29.0 Å². The van der Waals surface area contributed by atoms with Crippen LogP contribution < -0.4 is 0 Å². The maximum atomic E-state index is 13.2. The van der Waals surface area contributed by atoms with Crippen molar-refractivity contribution in [2.24, 2.45) is 40.4 Å². The Bertz CT molecular complexity index is 1460. The van der Waals surface area contributed by atoms with Crippen LogP contribution in [0, 0.1) is 51.8 Å². The number of allylic oxidation sites excluding steroid dienone is 1. The van der Waals surface area contributed by atoms with Gasteiger partial charge in [0.2, 0.25) is 0 Å². The summed E-state index contributed by atoms with van der Waals surface area (Å²) in [5.41, 5.74) is 2.38. The van der Waals surface area contributed by atoms with E-state index in [0.29, 0.717) is 19.3 Å². The molecule has 8 atom stereocenters. The molecule has 5 aliphatic rings. The number of carbonyl (C=O) groups excluding carboxylic acids is 2. The normalized spacial score (nSPS) is 37.0. The second-order valence-corrected chi connectivity index (χ2v) is 13.3. The zero-order valence-electron chi connectivity index (χ0n) is 23.5. The van der Waals surface area contributed by atoms with Gasteiger partial charge in [-0.1, -0.05) is 25.5 Å². The average molecular weight is 557 g/mol. The van der Waals surface area contributed by atoms with Gasteiger partial charge in [0.1, 0.15) is 0 Å². The van der Waals surface area contributed by atoms with Crippen LogP contribution in [-0.2, 0) is 19.4 Å². The molecule has 0 saturated heterocycles. The number of nitriles is 1. The van der Waals surface area contributed by atoms with Crippen LogP contribution in [0.25, 0.3) is 11.9 Å². The highest BCUT2D eigenvalue weighted by Crippen LogP contribution is 2.69. The third-order valence-electron chi connectivity index (χ3n) is 11.4. The van der Waals surface area contributed by atoms with Gasteiger partial charge in [0.25, 0.3) is 0 Å². The molecular weight excluding hydrogens is 520 g/mol. The molecule has 4 saturated carbocycles. The zero-order chi connectivity index (χ0) is 28.5. The number of aromatic nitrogens is 3. The smallest absolute Gasteiger partial charge is 0.359 e. The molecule has 2 aromatic rings. The Kier molecular flexibility index (Phi) is 6.13. The number of aliphatic hydroxyl groups is 1. The highest BCUT2D eigenvalue weighted by molar-refractivity contribution is 5.78. The molecule has 2 heterocycles. The number of fused-ring (bicyclic) bond motifs is 6. The SMILES string of the molecule is CC12C(=Cc3c(cnn3-c3ccccn3)[C@@H]1CC#N)CC[C@@H]1[C@@H]2[C@@H](O)C[C@]2(C)[C@H](C(=O)OOC(=O)C3CC3)CC[C@@H]12. The van der Waals surface area contributed by atoms with Gasteiger partial charge in [-0.3, -0.25) is 0 Å². The van der Waals surface area contributed by atoms with E-state index >= 15 is 0 Å². The number of hydrogen-bond donors (Lipinski definition) is 1.